The molecule has 1 aromatic carbocycles. The molecule has 5 nitrogen and oxygen atoms in total. The molecule has 7 heteroatoms. The number of likely N-dealkylation sites (tertiary alicyclic amines) is 2. The molecule has 2 saturated heterocycles. The number of nitrogens with zero attached hydrogens (tertiary/aromatic N) is 3. The molecule has 3 heterocycles. The molecule has 1 amide bonds. The van der Waals surface area contributed by atoms with Gasteiger partial charge in [-0.15, -0.1) is 0 Å². The zero-order chi connectivity index (χ0) is 18.8. The van der Waals surface area contributed by atoms with E-state index in [1.54, 1.807) is 18.3 Å². The Hall–Kier alpha value is -2.54. The number of amides is 1. The fraction of sp³-hybridized carbons (Fsp3) is 0.400. The van der Waals surface area contributed by atoms with Gasteiger partial charge in [0.05, 0.1) is 0 Å². The fourth-order valence-electron chi connectivity index (χ4n) is 4.11. The van der Waals surface area contributed by atoms with E-state index in [1.165, 1.54) is 12.1 Å². The first-order valence-corrected chi connectivity index (χ1v) is 9.06. The highest BCUT2D eigenvalue weighted by molar-refractivity contribution is 5.80. The van der Waals surface area contributed by atoms with E-state index >= 15 is 0 Å². The van der Waals surface area contributed by atoms with Crippen LogP contribution in [0.4, 0.5) is 8.78 Å². The number of hydrogen-bond donors (Lipinski definition) is 0. The van der Waals surface area contributed by atoms with Gasteiger partial charge in [0.15, 0.2) is 0 Å². The first-order valence-electron chi connectivity index (χ1n) is 9.06. The monoisotopic (exact) mass is 373 g/mol. The molecule has 27 heavy (non-hydrogen) atoms. The van der Waals surface area contributed by atoms with Gasteiger partial charge in [0, 0.05) is 50.5 Å². The molecule has 0 spiro atoms. The van der Waals surface area contributed by atoms with E-state index < -0.39 is 6.61 Å². The third-order valence-electron chi connectivity index (χ3n) is 5.34. The molecule has 2 aliphatic rings. The predicted octanol–water partition coefficient (Wildman–Crippen LogP) is 3.06. The number of halogens is 2. The molecule has 0 unspecified atom stereocenters. The van der Waals surface area contributed by atoms with Crippen LogP contribution in [0.25, 0.3) is 0 Å². The van der Waals surface area contributed by atoms with Crippen LogP contribution in [0.2, 0.25) is 0 Å². The number of hydrogen-bond acceptors (Lipinski definition) is 4. The number of rotatable bonds is 6. The summed E-state index contributed by atoms with van der Waals surface area (Å²) >= 11 is 0. The van der Waals surface area contributed by atoms with E-state index in [2.05, 4.69) is 20.7 Å². The summed E-state index contributed by atoms with van der Waals surface area (Å²) in [5, 5.41) is 0. The van der Waals surface area contributed by atoms with Crippen molar-refractivity contribution in [1.82, 2.24) is 14.8 Å². The van der Waals surface area contributed by atoms with Crippen LogP contribution in [0.1, 0.15) is 24.0 Å². The minimum Gasteiger partial charge on any atom is -0.435 e. The number of ether oxygens (including phenoxy) is 1. The van der Waals surface area contributed by atoms with Crippen molar-refractivity contribution >= 4 is 5.91 Å². The first kappa shape index (κ1) is 17.9. The molecule has 1 aromatic heterocycles. The molecular formula is C20H21F2N3O2. The molecular weight excluding hydrogens is 352 g/mol. The quantitative estimate of drug-likeness (QED) is 0.781. The maximum Gasteiger partial charge on any atom is 0.387 e. The zero-order valence-electron chi connectivity index (χ0n) is 14.8. The topological polar surface area (TPSA) is 45.7 Å². The number of benzene rings is 1. The van der Waals surface area contributed by atoms with Crippen molar-refractivity contribution in [2.24, 2.45) is 0 Å². The Kier molecular flexibility index (Phi) is 5.03. The van der Waals surface area contributed by atoms with E-state index in [4.69, 9.17) is 0 Å². The molecule has 2 atom stereocenters. The van der Waals surface area contributed by atoms with Gasteiger partial charge in [-0.3, -0.25) is 14.7 Å². The Morgan fingerprint density at radius 2 is 1.93 bits per heavy atom. The van der Waals surface area contributed by atoms with Gasteiger partial charge in [0.25, 0.3) is 0 Å². The number of carbonyl (C=O) groups is 1. The van der Waals surface area contributed by atoms with Crippen LogP contribution in [0, 0.1) is 0 Å². The summed E-state index contributed by atoms with van der Waals surface area (Å²) in [6.07, 6.45) is 5.10. The van der Waals surface area contributed by atoms with Crippen molar-refractivity contribution in [2.75, 3.05) is 6.54 Å². The minimum atomic E-state index is -2.83. The van der Waals surface area contributed by atoms with Crippen LogP contribution in [-0.2, 0) is 17.9 Å². The molecule has 4 rings (SSSR count). The minimum absolute atomic E-state index is 0.128. The second-order valence-electron chi connectivity index (χ2n) is 7.00. The fourth-order valence-corrected chi connectivity index (χ4v) is 4.11. The molecule has 0 N–H and O–H groups in total. The number of pyridine rings is 1. The Bertz CT molecular complexity index is 786. The van der Waals surface area contributed by atoms with Crippen molar-refractivity contribution in [2.45, 2.75) is 44.6 Å². The second-order valence-corrected chi connectivity index (χ2v) is 7.00. The standard InChI is InChI=1S/C20H21F2N3O2/c21-20(22)27-16-5-3-14(4-6-16)13-25-17-7-9-24(18(17)10-19(25)26)12-15-2-1-8-23-11-15/h1-6,8,11,17-18,20H,7,9-10,12-13H2/t17-,18-/m0/s1. The Morgan fingerprint density at radius 3 is 2.63 bits per heavy atom. The number of carbonyl (C=O) groups excluding carboxylic acids is 1. The van der Waals surface area contributed by atoms with Gasteiger partial charge >= 0.3 is 6.61 Å². The maximum atomic E-state index is 12.6. The molecule has 2 fully saturated rings. The summed E-state index contributed by atoms with van der Waals surface area (Å²) in [4.78, 5) is 21.0. The Morgan fingerprint density at radius 1 is 1.11 bits per heavy atom. The molecule has 0 radical (unpaired) electrons. The van der Waals surface area contributed by atoms with E-state index in [0.29, 0.717) is 13.0 Å². The second kappa shape index (κ2) is 7.60. The average molecular weight is 373 g/mol. The largest absolute Gasteiger partial charge is 0.435 e. The smallest absolute Gasteiger partial charge is 0.387 e. The third kappa shape index (κ3) is 3.93. The van der Waals surface area contributed by atoms with Crippen molar-refractivity contribution in [3.05, 3.63) is 59.9 Å². The van der Waals surface area contributed by atoms with Gasteiger partial charge in [-0.05, 0) is 35.7 Å². The van der Waals surface area contributed by atoms with E-state index in [1.807, 2.05) is 17.2 Å². The highest BCUT2D eigenvalue weighted by Crippen LogP contribution is 2.34. The lowest BCUT2D eigenvalue weighted by molar-refractivity contribution is -0.129. The Labute approximate surface area is 156 Å². The van der Waals surface area contributed by atoms with Gasteiger partial charge in [-0.2, -0.15) is 8.78 Å². The molecule has 2 aromatic rings. The van der Waals surface area contributed by atoms with Crippen molar-refractivity contribution < 1.29 is 18.3 Å². The maximum absolute atomic E-state index is 12.6. The lowest BCUT2D eigenvalue weighted by Crippen LogP contribution is -2.36. The van der Waals surface area contributed by atoms with Crippen LogP contribution in [-0.4, -0.2) is 45.9 Å². The van der Waals surface area contributed by atoms with Crippen LogP contribution >= 0.6 is 0 Å². The summed E-state index contributed by atoms with van der Waals surface area (Å²) in [5.74, 6) is 0.275. The lowest BCUT2D eigenvalue weighted by atomic mass is 10.1. The average Bonchev–Trinajstić information content (AvgIpc) is 3.17. The summed E-state index contributed by atoms with van der Waals surface area (Å²) < 4.78 is 28.9. The van der Waals surface area contributed by atoms with Crippen molar-refractivity contribution in [1.29, 1.82) is 0 Å². The van der Waals surface area contributed by atoms with Crippen molar-refractivity contribution in [3.8, 4) is 5.75 Å². The highest BCUT2D eigenvalue weighted by atomic mass is 19.3. The highest BCUT2D eigenvalue weighted by Gasteiger charge is 2.46. The number of aromatic nitrogens is 1. The SMILES string of the molecule is O=C1C[C@H]2[C@H](CCN2Cc2cccnc2)N1Cc1ccc(OC(F)F)cc1. The van der Waals surface area contributed by atoms with Crippen LogP contribution in [0.3, 0.4) is 0 Å². The van der Waals surface area contributed by atoms with Crippen molar-refractivity contribution in [3.63, 3.8) is 0 Å². The lowest BCUT2D eigenvalue weighted by Gasteiger charge is -2.25. The van der Waals surface area contributed by atoms with Gasteiger partial charge in [-0.25, -0.2) is 0 Å². The summed E-state index contributed by atoms with van der Waals surface area (Å²) in [5.41, 5.74) is 2.06. The summed E-state index contributed by atoms with van der Waals surface area (Å²) in [7, 11) is 0. The molecule has 0 aliphatic carbocycles. The van der Waals surface area contributed by atoms with Gasteiger partial charge < -0.3 is 9.64 Å². The van der Waals surface area contributed by atoms with E-state index in [9.17, 15) is 13.6 Å². The zero-order valence-corrected chi connectivity index (χ0v) is 14.8. The predicted molar refractivity (Wildman–Crippen MR) is 95.1 cm³/mol. The van der Waals surface area contributed by atoms with E-state index in [0.717, 1.165) is 30.6 Å². The molecule has 0 bridgehead atoms. The third-order valence-corrected chi connectivity index (χ3v) is 5.34. The molecule has 0 saturated carbocycles. The molecule has 142 valence electrons. The van der Waals surface area contributed by atoms with Crippen LogP contribution < -0.4 is 4.74 Å². The Balaban J connectivity index is 1.41. The number of fused-ring (bicyclic) bond motifs is 1. The summed E-state index contributed by atoms with van der Waals surface area (Å²) in [6, 6.07) is 10.9. The van der Waals surface area contributed by atoms with E-state index in [-0.39, 0.29) is 23.7 Å². The van der Waals surface area contributed by atoms with Gasteiger partial charge in [-0.1, -0.05) is 18.2 Å². The molecule has 2 aliphatic heterocycles. The number of alkyl halides is 2. The van der Waals surface area contributed by atoms with Crippen LogP contribution in [0.5, 0.6) is 5.75 Å². The van der Waals surface area contributed by atoms with Crippen LogP contribution in [0.15, 0.2) is 48.8 Å². The normalized spacial score (nSPS) is 22.5. The van der Waals surface area contributed by atoms with Gasteiger partial charge in [0.2, 0.25) is 5.91 Å². The summed E-state index contributed by atoms with van der Waals surface area (Å²) in [6.45, 7) is -0.582. The van der Waals surface area contributed by atoms with Gasteiger partial charge in [0.1, 0.15) is 5.75 Å². The first-order chi connectivity index (χ1) is 13.1.